The van der Waals surface area contributed by atoms with Crippen molar-refractivity contribution in [2.75, 3.05) is 7.11 Å². The Labute approximate surface area is 138 Å². The first-order valence-electron chi connectivity index (χ1n) is 8.88. The molecule has 0 N–H and O–H groups in total. The minimum absolute atomic E-state index is 0.737. The van der Waals surface area contributed by atoms with Gasteiger partial charge in [0.15, 0.2) is 0 Å². The summed E-state index contributed by atoms with van der Waals surface area (Å²) in [5.74, 6) is 1.51. The van der Waals surface area contributed by atoms with Gasteiger partial charge in [-0.2, -0.15) is 0 Å². The summed E-state index contributed by atoms with van der Waals surface area (Å²) in [6, 6.07) is 0. The molecule has 0 unspecified atom stereocenters. The molecule has 22 heavy (non-hydrogen) atoms. The molecule has 0 saturated carbocycles. The van der Waals surface area contributed by atoms with Gasteiger partial charge < -0.3 is 4.74 Å². The first-order chi connectivity index (χ1) is 10.3. The Hall–Kier alpha value is -0.820. The number of methoxy groups -OCH3 is 1. The number of hydrogen-bond acceptors (Lipinski definition) is 1. The van der Waals surface area contributed by atoms with E-state index in [9.17, 15) is 0 Å². The van der Waals surface area contributed by atoms with Crippen molar-refractivity contribution in [1.82, 2.24) is 0 Å². The van der Waals surface area contributed by atoms with Gasteiger partial charge in [-0.25, -0.2) is 0 Å². The quantitative estimate of drug-likeness (QED) is 0.578. The predicted molar refractivity (Wildman–Crippen MR) is 97.7 cm³/mol. The third-order valence-electron chi connectivity index (χ3n) is 4.95. The maximum absolute atomic E-state index is 5.49. The SMILES string of the molecule is COCc1c(C)c(CCC(C)C)c(C)c(CCC(C)C)c1C. The Morgan fingerprint density at radius 1 is 0.682 bits per heavy atom. The second-order valence-corrected chi connectivity index (χ2v) is 7.61. The summed E-state index contributed by atoms with van der Waals surface area (Å²) >= 11 is 0. The summed E-state index contributed by atoms with van der Waals surface area (Å²) in [6.45, 7) is 16.9. The van der Waals surface area contributed by atoms with Crippen LogP contribution in [0, 0.1) is 32.6 Å². The van der Waals surface area contributed by atoms with Gasteiger partial charge in [0, 0.05) is 7.11 Å². The van der Waals surface area contributed by atoms with E-state index in [0.717, 1.165) is 18.4 Å². The lowest BCUT2D eigenvalue weighted by atomic mass is 9.83. The molecule has 0 spiro atoms. The van der Waals surface area contributed by atoms with Crippen LogP contribution in [0.5, 0.6) is 0 Å². The van der Waals surface area contributed by atoms with Crippen LogP contribution in [-0.2, 0) is 24.2 Å². The van der Waals surface area contributed by atoms with Crippen molar-refractivity contribution in [2.24, 2.45) is 11.8 Å². The molecule has 0 saturated heterocycles. The summed E-state index contributed by atoms with van der Waals surface area (Å²) in [5.41, 5.74) is 9.04. The van der Waals surface area contributed by atoms with E-state index in [1.165, 1.54) is 47.9 Å². The fourth-order valence-corrected chi connectivity index (χ4v) is 3.37. The van der Waals surface area contributed by atoms with Crippen molar-refractivity contribution in [2.45, 2.75) is 80.8 Å². The molecule has 0 aromatic heterocycles. The maximum Gasteiger partial charge on any atom is 0.0718 e. The van der Waals surface area contributed by atoms with E-state index < -0.39 is 0 Å². The van der Waals surface area contributed by atoms with Crippen molar-refractivity contribution in [3.63, 3.8) is 0 Å². The second kappa shape index (κ2) is 8.72. The summed E-state index contributed by atoms with van der Waals surface area (Å²) in [4.78, 5) is 0. The number of ether oxygens (including phenoxy) is 1. The largest absolute Gasteiger partial charge is 0.380 e. The van der Waals surface area contributed by atoms with Crippen molar-refractivity contribution in [3.8, 4) is 0 Å². The zero-order valence-electron chi connectivity index (χ0n) is 16.1. The van der Waals surface area contributed by atoms with Crippen LogP contribution in [0.3, 0.4) is 0 Å². The minimum atomic E-state index is 0.737. The van der Waals surface area contributed by atoms with Crippen LogP contribution < -0.4 is 0 Å². The lowest BCUT2D eigenvalue weighted by Gasteiger charge is -2.23. The Morgan fingerprint density at radius 3 is 1.36 bits per heavy atom. The van der Waals surface area contributed by atoms with Gasteiger partial charge >= 0.3 is 0 Å². The van der Waals surface area contributed by atoms with Crippen molar-refractivity contribution in [3.05, 3.63) is 33.4 Å². The van der Waals surface area contributed by atoms with Gasteiger partial charge in [-0.05, 0) is 91.7 Å². The van der Waals surface area contributed by atoms with Crippen molar-refractivity contribution in [1.29, 1.82) is 0 Å². The van der Waals surface area contributed by atoms with Crippen LogP contribution in [0.4, 0.5) is 0 Å². The topological polar surface area (TPSA) is 9.23 Å². The molecule has 1 heteroatoms. The summed E-state index contributed by atoms with van der Waals surface area (Å²) < 4.78 is 5.49. The molecule has 0 heterocycles. The van der Waals surface area contributed by atoms with E-state index >= 15 is 0 Å². The van der Waals surface area contributed by atoms with Gasteiger partial charge in [-0.1, -0.05) is 27.7 Å². The van der Waals surface area contributed by atoms with E-state index in [1.807, 2.05) is 0 Å². The second-order valence-electron chi connectivity index (χ2n) is 7.61. The highest BCUT2D eigenvalue weighted by atomic mass is 16.5. The van der Waals surface area contributed by atoms with Gasteiger partial charge in [0.2, 0.25) is 0 Å². The monoisotopic (exact) mass is 304 g/mol. The molecule has 1 nitrogen and oxygen atoms in total. The molecule has 0 aliphatic rings. The van der Waals surface area contributed by atoms with Gasteiger partial charge in [-0.15, -0.1) is 0 Å². The first kappa shape index (κ1) is 19.2. The van der Waals surface area contributed by atoms with Gasteiger partial charge in [0.25, 0.3) is 0 Å². The smallest absolute Gasteiger partial charge is 0.0718 e. The number of rotatable bonds is 8. The lowest BCUT2D eigenvalue weighted by Crippen LogP contribution is -2.10. The lowest BCUT2D eigenvalue weighted by molar-refractivity contribution is 0.183. The van der Waals surface area contributed by atoms with Crippen LogP contribution in [0.2, 0.25) is 0 Å². The molecule has 0 fully saturated rings. The highest BCUT2D eigenvalue weighted by Crippen LogP contribution is 2.30. The molecule has 0 radical (unpaired) electrons. The molecule has 1 rings (SSSR count). The van der Waals surface area contributed by atoms with E-state index in [4.69, 9.17) is 4.74 Å². The van der Waals surface area contributed by atoms with Gasteiger partial charge in [-0.3, -0.25) is 0 Å². The summed E-state index contributed by atoms with van der Waals surface area (Å²) in [5, 5.41) is 0. The van der Waals surface area contributed by atoms with Crippen LogP contribution in [-0.4, -0.2) is 7.11 Å². The molecule has 0 amide bonds. The number of hydrogen-bond donors (Lipinski definition) is 0. The molecular weight excluding hydrogens is 268 g/mol. The Morgan fingerprint density at radius 2 is 1.05 bits per heavy atom. The highest BCUT2D eigenvalue weighted by Gasteiger charge is 2.17. The summed E-state index contributed by atoms with van der Waals surface area (Å²) in [6.07, 6.45) is 4.92. The number of benzene rings is 1. The maximum atomic E-state index is 5.49. The Kier molecular flexibility index (Phi) is 7.62. The van der Waals surface area contributed by atoms with E-state index in [0.29, 0.717) is 0 Å². The molecule has 0 aliphatic heterocycles. The van der Waals surface area contributed by atoms with Crippen LogP contribution in [0.1, 0.15) is 73.9 Å². The van der Waals surface area contributed by atoms with E-state index in [2.05, 4.69) is 48.5 Å². The minimum Gasteiger partial charge on any atom is -0.380 e. The molecule has 126 valence electrons. The predicted octanol–water partition coefficient (Wildman–Crippen LogP) is 5.94. The first-order valence-corrected chi connectivity index (χ1v) is 8.88. The van der Waals surface area contributed by atoms with Gasteiger partial charge in [0.1, 0.15) is 0 Å². The van der Waals surface area contributed by atoms with Gasteiger partial charge in [0.05, 0.1) is 6.61 Å². The van der Waals surface area contributed by atoms with Crippen LogP contribution >= 0.6 is 0 Å². The average Bonchev–Trinajstić information content (AvgIpc) is 2.42. The molecule has 0 atom stereocenters. The van der Waals surface area contributed by atoms with Crippen molar-refractivity contribution >= 4 is 0 Å². The third kappa shape index (κ3) is 4.84. The molecule has 1 aromatic rings. The third-order valence-corrected chi connectivity index (χ3v) is 4.95. The zero-order chi connectivity index (χ0) is 16.9. The Balaban J connectivity index is 3.29. The molecule has 0 aliphatic carbocycles. The molecule has 1 aromatic carbocycles. The fourth-order valence-electron chi connectivity index (χ4n) is 3.37. The van der Waals surface area contributed by atoms with E-state index in [-0.39, 0.29) is 0 Å². The fraction of sp³-hybridized carbons (Fsp3) is 0.714. The standard InChI is InChI=1S/C21H36O/c1-14(2)9-11-19-16(5)20(12-10-15(3)4)18(7)21(13-22-8)17(19)6/h14-15H,9-13H2,1-8H3. The highest BCUT2D eigenvalue weighted by molar-refractivity contribution is 5.50. The Bertz CT molecular complexity index is 444. The molecule has 0 bridgehead atoms. The van der Waals surface area contributed by atoms with Crippen LogP contribution in [0.15, 0.2) is 0 Å². The van der Waals surface area contributed by atoms with Crippen LogP contribution in [0.25, 0.3) is 0 Å². The molecular formula is C21H36O. The normalized spacial score (nSPS) is 11.7. The van der Waals surface area contributed by atoms with E-state index in [1.54, 1.807) is 18.2 Å². The van der Waals surface area contributed by atoms with Crippen molar-refractivity contribution < 1.29 is 4.74 Å². The average molecular weight is 305 g/mol. The zero-order valence-corrected chi connectivity index (χ0v) is 16.1. The summed E-state index contributed by atoms with van der Waals surface area (Å²) in [7, 11) is 1.81.